The lowest BCUT2D eigenvalue weighted by Gasteiger charge is -2.35. The monoisotopic (exact) mass is 241 g/mol. The van der Waals surface area contributed by atoms with E-state index in [-0.39, 0.29) is 0 Å². The van der Waals surface area contributed by atoms with Crippen LogP contribution in [0.25, 0.3) is 0 Å². The van der Waals surface area contributed by atoms with E-state index in [1.54, 1.807) is 0 Å². The second-order valence-corrected chi connectivity index (χ2v) is 6.09. The SMILES string of the molecule is CCC(CC)(CNC(C)C)CC1CCC(C)O1. The summed E-state index contributed by atoms with van der Waals surface area (Å²) >= 11 is 0. The fourth-order valence-corrected chi connectivity index (χ4v) is 2.80. The van der Waals surface area contributed by atoms with Crippen molar-refractivity contribution in [1.82, 2.24) is 5.32 Å². The molecule has 0 aromatic carbocycles. The Morgan fingerprint density at radius 3 is 2.29 bits per heavy atom. The molecule has 1 heterocycles. The predicted octanol–water partition coefficient (Wildman–Crippen LogP) is 3.75. The normalized spacial score (nSPS) is 25.8. The summed E-state index contributed by atoms with van der Waals surface area (Å²) in [5.41, 5.74) is 0.430. The van der Waals surface area contributed by atoms with E-state index in [1.807, 2.05) is 0 Å². The highest BCUT2D eigenvalue weighted by atomic mass is 16.5. The van der Waals surface area contributed by atoms with Gasteiger partial charge in [-0.05, 0) is 44.4 Å². The highest BCUT2D eigenvalue weighted by Crippen LogP contribution is 2.36. The number of nitrogens with one attached hydrogen (secondary N) is 1. The molecule has 1 aliphatic heterocycles. The van der Waals surface area contributed by atoms with Gasteiger partial charge in [0.2, 0.25) is 0 Å². The summed E-state index contributed by atoms with van der Waals surface area (Å²) in [6.07, 6.45) is 7.19. The second-order valence-electron chi connectivity index (χ2n) is 6.09. The Kier molecular flexibility index (Phi) is 5.94. The van der Waals surface area contributed by atoms with Crippen LogP contribution < -0.4 is 5.32 Å². The zero-order valence-electron chi connectivity index (χ0n) is 12.4. The molecule has 2 heteroatoms. The van der Waals surface area contributed by atoms with Gasteiger partial charge in [0.05, 0.1) is 12.2 Å². The number of rotatable bonds is 7. The van der Waals surface area contributed by atoms with Gasteiger partial charge in [-0.25, -0.2) is 0 Å². The molecule has 0 aliphatic carbocycles. The maximum absolute atomic E-state index is 6.00. The zero-order valence-corrected chi connectivity index (χ0v) is 12.4. The van der Waals surface area contributed by atoms with Crippen molar-refractivity contribution in [3.63, 3.8) is 0 Å². The molecule has 0 amide bonds. The summed E-state index contributed by atoms with van der Waals surface area (Å²) in [6, 6.07) is 0.580. The van der Waals surface area contributed by atoms with Gasteiger partial charge in [-0.3, -0.25) is 0 Å². The fourth-order valence-electron chi connectivity index (χ4n) is 2.80. The van der Waals surface area contributed by atoms with Gasteiger partial charge >= 0.3 is 0 Å². The van der Waals surface area contributed by atoms with E-state index in [4.69, 9.17) is 4.74 Å². The Morgan fingerprint density at radius 1 is 1.24 bits per heavy atom. The van der Waals surface area contributed by atoms with Crippen molar-refractivity contribution < 1.29 is 4.74 Å². The third kappa shape index (κ3) is 4.59. The molecule has 2 unspecified atom stereocenters. The lowest BCUT2D eigenvalue weighted by atomic mass is 9.76. The molecule has 1 rings (SSSR count). The molecule has 2 nitrogen and oxygen atoms in total. The zero-order chi connectivity index (χ0) is 12.9. The van der Waals surface area contributed by atoms with Crippen LogP contribution in [0.3, 0.4) is 0 Å². The second kappa shape index (κ2) is 6.75. The van der Waals surface area contributed by atoms with Gasteiger partial charge in [0, 0.05) is 12.6 Å². The van der Waals surface area contributed by atoms with Crippen LogP contribution >= 0.6 is 0 Å². The molecule has 1 fully saturated rings. The van der Waals surface area contributed by atoms with Crippen LogP contribution in [0.15, 0.2) is 0 Å². The molecule has 0 aromatic rings. The summed E-state index contributed by atoms with van der Waals surface area (Å²) in [7, 11) is 0. The molecule has 1 aliphatic rings. The first kappa shape index (κ1) is 15.0. The van der Waals surface area contributed by atoms with Gasteiger partial charge in [-0.2, -0.15) is 0 Å². The third-order valence-corrected chi connectivity index (χ3v) is 4.37. The summed E-state index contributed by atoms with van der Waals surface area (Å²) in [5.74, 6) is 0. The van der Waals surface area contributed by atoms with E-state index in [0.29, 0.717) is 23.7 Å². The summed E-state index contributed by atoms with van der Waals surface area (Å²) < 4.78 is 6.00. The van der Waals surface area contributed by atoms with E-state index in [0.717, 1.165) is 6.54 Å². The van der Waals surface area contributed by atoms with Gasteiger partial charge < -0.3 is 10.1 Å². The van der Waals surface area contributed by atoms with Crippen molar-refractivity contribution >= 4 is 0 Å². The minimum atomic E-state index is 0.430. The van der Waals surface area contributed by atoms with Crippen LogP contribution in [0.1, 0.15) is 66.7 Å². The molecular weight excluding hydrogens is 210 g/mol. The van der Waals surface area contributed by atoms with Crippen LogP contribution in [-0.2, 0) is 4.74 Å². The number of hydrogen-bond acceptors (Lipinski definition) is 2. The lowest BCUT2D eigenvalue weighted by Crippen LogP contribution is -2.39. The van der Waals surface area contributed by atoms with Crippen LogP contribution in [0.5, 0.6) is 0 Å². The van der Waals surface area contributed by atoms with Crippen molar-refractivity contribution in [2.45, 2.75) is 85.0 Å². The summed E-state index contributed by atoms with van der Waals surface area (Å²) in [6.45, 7) is 12.4. The van der Waals surface area contributed by atoms with Crippen LogP contribution in [0.4, 0.5) is 0 Å². The van der Waals surface area contributed by atoms with E-state index >= 15 is 0 Å². The molecular formula is C15H31NO. The van der Waals surface area contributed by atoms with E-state index in [9.17, 15) is 0 Å². The Labute approximate surface area is 108 Å². The van der Waals surface area contributed by atoms with Crippen LogP contribution in [0, 0.1) is 5.41 Å². The van der Waals surface area contributed by atoms with Crippen LogP contribution in [-0.4, -0.2) is 24.8 Å². The molecule has 1 N–H and O–H groups in total. The van der Waals surface area contributed by atoms with Crippen molar-refractivity contribution in [3.8, 4) is 0 Å². The summed E-state index contributed by atoms with van der Waals surface area (Å²) in [5, 5.41) is 3.62. The quantitative estimate of drug-likeness (QED) is 0.733. The molecule has 1 saturated heterocycles. The largest absolute Gasteiger partial charge is 0.375 e. The number of ether oxygens (including phenoxy) is 1. The van der Waals surface area contributed by atoms with Crippen molar-refractivity contribution in [1.29, 1.82) is 0 Å². The molecule has 0 radical (unpaired) electrons. The minimum absolute atomic E-state index is 0.430. The van der Waals surface area contributed by atoms with E-state index < -0.39 is 0 Å². The topological polar surface area (TPSA) is 21.3 Å². The summed E-state index contributed by atoms with van der Waals surface area (Å²) in [4.78, 5) is 0. The van der Waals surface area contributed by atoms with Gasteiger partial charge in [-0.1, -0.05) is 27.7 Å². The maximum atomic E-state index is 6.00. The first-order valence-electron chi connectivity index (χ1n) is 7.40. The molecule has 0 saturated carbocycles. The molecule has 0 aromatic heterocycles. The molecule has 0 bridgehead atoms. The molecule has 17 heavy (non-hydrogen) atoms. The first-order chi connectivity index (χ1) is 8.01. The maximum Gasteiger partial charge on any atom is 0.0585 e. The average molecular weight is 241 g/mol. The highest BCUT2D eigenvalue weighted by molar-refractivity contribution is 4.85. The number of hydrogen-bond donors (Lipinski definition) is 1. The molecule has 0 spiro atoms. The minimum Gasteiger partial charge on any atom is -0.375 e. The standard InChI is InChI=1S/C15H31NO/c1-6-15(7-2,11-16-12(3)4)10-14-9-8-13(5)17-14/h12-14,16H,6-11H2,1-5H3. The molecule has 2 atom stereocenters. The Bertz CT molecular complexity index is 211. The fraction of sp³-hybridized carbons (Fsp3) is 1.00. The lowest BCUT2D eigenvalue weighted by molar-refractivity contribution is 0.0183. The Morgan fingerprint density at radius 2 is 1.88 bits per heavy atom. The smallest absolute Gasteiger partial charge is 0.0585 e. The van der Waals surface area contributed by atoms with Crippen LogP contribution in [0.2, 0.25) is 0 Å². The highest BCUT2D eigenvalue weighted by Gasteiger charge is 2.33. The van der Waals surface area contributed by atoms with Gasteiger partial charge in [0.15, 0.2) is 0 Å². The average Bonchev–Trinajstić information content (AvgIpc) is 2.70. The molecule has 102 valence electrons. The van der Waals surface area contributed by atoms with E-state index in [1.165, 1.54) is 32.1 Å². The van der Waals surface area contributed by atoms with Gasteiger partial charge in [-0.15, -0.1) is 0 Å². The predicted molar refractivity (Wildman–Crippen MR) is 74.3 cm³/mol. The van der Waals surface area contributed by atoms with E-state index in [2.05, 4.69) is 39.9 Å². The first-order valence-corrected chi connectivity index (χ1v) is 7.40. The van der Waals surface area contributed by atoms with Gasteiger partial charge in [0.25, 0.3) is 0 Å². The van der Waals surface area contributed by atoms with Gasteiger partial charge in [0.1, 0.15) is 0 Å². The van der Waals surface area contributed by atoms with Crippen molar-refractivity contribution in [2.75, 3.05) is 6.54 Å². The van der Waals surface area contributed by atoms with Crippen molar-refractivity contribution in [2.24, 2.45) is 5.41 Å². The Hall–Kier alpha value is -0.0800. The Balaban J connectivity index is 2.51. The third-order valence-electron chi connectivity index (χ3n) is 4.37. The van der Waals surface area contributed by atoms with Crippen molar-refractivity contribution in [3.05, 3.63) is 0 Å².